The van der Waals surface area contributed by atoms with Gasteiger partial charge in [0.25, 0.3) is 0 Å². The molecule has 42 heavy (non-hydrogen) atoms. The van der Waals surface area contributed by atoms with Crippen LogP contribution in [0, 0.1) is 0 Å². The Labute approximate surface area is 241 Å². The van der Waals surface area contributed by atoms with Crippen LogP contribution in [-0.4, -0.2) is 48.1 Å². The summed E-state index contributed by atoms with van der Waals surface area (Å²) in [4.78, 5) is 38.9. The first kappa shape index (κ1) is 27.8. The van der Waals surface area contributed by atoms with Crippen molar-refractivity contribution in [1.82, 2.24) is 0 Å². The Morgan fingerprint density at radius 1 is 0.690 bits per heavy atom. The number of hydrogen-bond acceptors (Lipinski definition) is 10. The Balaban J connectivity index is 1.46. The summed E-state index contributed by atoms with van der Waals surface area (Å²) in [7, 11) is 0. The first-order valence-corrected chi connectivity index (χ1v) is 13.1. The van der Waals surface area contributed by atoms with Crippen molar-refractivity contribution in [2.45, 2.75) is 12.2 Å². The number of cyclic esters (lactones) is 1. The van der Waals surface area contributed by atoms with Crippen molar-refractivity contribution in [3.05, 3.63) is 132 Å². The van der Waals surface area contributed by atoms with Crippen molar-refractivity contribution >= 4 is 40.7 Å². The number of para-hydroxylation sites is 2. The van der Waals surface area contributed by atoms with Crippen molar-refractivity contribution in [3.63, 3.8) is 0 Å². The van der Waals surface area contributed by atoms with E-state index in [1.807, 2.05) is 36.4 Å². The first-order valence-electron chi connectivity index (χ1n) is 13.1. The van der Waals surface area contributed by atoms with Crippen molar-refractivity contribution < 1.29 is 28.6 Å². The van der Waals surface area contributed by atoms with E-state index in [0.29, 0.717) is 16.9 Å². The van der Waals surface area contributed by atoms with Crippen molar-refractivity contribution in [2.75, 3.05) is 17.5 Å². The number of carbonyl (C=O) groups is 3. The minimum atomic E-state index is -1.25. The fraction of sp³-hybridized carbons (Fsp3) is 0.0938. The average Bonchev–Trinajstić information content (AvgIpc) is 3.36. The van der Waals surface area contributed by atoms with E-state index >= 15 is 0 Å². The SMILES string of the molecule is O=C1OC(C(COC(=O)c2ccccc2)OC(=O)c2ccccc2)C(=N/Nc2ccccc2)/C1=N/Nc1ccccc1. The van der Waals surface area contributed by atoms with Gasteiger partial charge in [-0.25, -0.2) is 14.4 Å². The maximum absolute atomic E-state index is 13.1. The Hall–Kier alpha value is -5.77. The highest BCUT2D eigenvalue weighted by Gasteiger charge is 2.46. The molecule has 0 bridgehead atoms. The Morgan fingerprint density at radius 2 is 1.17 bits per heavy atom. The van der Waals surface area contributed by atoms with Crippen LogP contribution in [0.1, 0.15) is 20.7 Å². The van der Waals surface area contributed by atoms with Crippen LogP contribution in [0.15, 0.2) is 132 Å². The molecule has 0 saturated carbocycles. The molecule has 0 aromatic heterocycles. The number of hydrogen-bond donors (Lipinski definition) is 2. The molecule has 4 aromatic carbocycles. The molecule has 10 heteroatoms. The lowest BCUT2D eigenvalue weighted by atomic mass is 10.1. The number of anilines is 2. The number of nitrogens with one attached hydrogen (secondary N) is 2. The fourth-order valence-electron chi connectivity index (χ4n) is 3.99. The highest BCUT2D eigenvalue weighted by molar-refractivity contribution is 6.69. The van der Waals surface area contributed by atoms with Crippen LogP contribution in [0.4, 0.5) is 11.4 Å². The fourth-order valence-corrected chi connectivity index (χ4v) is 3.99. The molecule has 210 valence electrons. The maximum atomic E-state index is 13.1. The number of hydrazone groups is 2. The minimum Gasteiger partial charge on any atom is -0.458 e. The van der Waals surface area contributed by atoms with E-state index in [9.17, 15) is 14.4 Å². The highest BCUT2D eigenvalue weighted by Crippen LogP contribution is 2.21. The molecule has 0 spiro atoms. The monoisotopic (exact) mass is 562 g/mol. The molecule has 4 aromatic rings. The van der Waals surface area contributed by atoms with Gasteiger partial charge in [-0.1, -0.05) is 72.8 Å². The summed E-state index contributed by atoms with van der Waals surface area (Å²) in [6, 6.07) is 34.7. The normalized spacial score (nSPS) is 16.9. The third-order valence-corrected chi connectivity index (χ3v) is 6.08. The molecule has 1 aliphatic heterocycles. The van der Waals surface area contributed by atoms with E-state index < -0.39 is 36.7 Å². The molecular weight excluding hydrogens is 536 g/mol. The average molecular weight is 563 g/mol. The second kappa shape index (κ2) is 13.5. The Kier molecular flexibility index (Phi) is 8.95. The summed E-state index contributed by atoms with van der Waals surface area (Å²) in [6.45, 7) is -0.423. The molecule has 0 radical (unpaired) electrons. The lowest BCUT2D eigenvalue weighted by molar-refractivity contribution is -0.140. The number of carbonyl (C=O) groups excluding carboxylic acids is 3. The summed E-state index contributed by atoms with van der Waals surface area (Å²) >= 11 is 0. The van der Waals surface area contributed by atoms with Gasteiger partial charge < -0.3 is 14.2 Å². The third kappa shape index (κ3) is 7.05. The van der Waals surface area contributed by atoms with Gasteiger partial charge >= 0.3 is 17.9 Å². The lowest BCUT2D eigenvalue weighted by Gasteiger charge is -2.22. The molecule has 0 amide bonds. The van der Waals surface area contributed by atoms with Crippen LogP contribution >= 0.6 is 0 Å². The predicted molar refractivity (Wildman–Crippen MR) is 157 cm³/mol. The second-order valence-corrected chi connectivity index (χ2v) is 9.01. The van der Waals surface area contributed by atoms with Gasteiger partial charge in [0.1, 0.15) is 12.3 Å². The van der Waals surface area contributed by atoms with Gasteiger partial charge in [0.05, 0.1) is 22.5 Å². The van der Waals surface area contributed by atoms with Crippen LogP contribution in [0.3, 0.4) is 0 Å². The van der Waals surface area contributed by atoms with E-state index in [1.54, 1.807) is 84.9 Å². The van der Waals surface area contributed by atoms with Crippen LogP contribution in [-0.2, 0) is 19.0 Å². The van der Waals surface area contributed by atoms with Gasteiger partial charge in [-0.2, -0.15) is 10.2 Å². The Morgan fingerprint density at radius 3 is 1.71 bits per heavy atom. The van der Waals surface area contributed by atoms with E-state index in [2.05, 4.69) is 21.1 Å². The number of nitrogens with zero attached hydrogens (tertiary/aromatic N) is 2. The summed E-state index contributed by atoms with van der Waals surface area (Å²) in [5.41, 5.74) is 7.47. The zero-order valence-electron chi connectivity index (χ0n) is 22.3. The van der Waals surface area contributed by atoms with Crippen molar-refractivity contribution in [1.29, 1.82) is 0 Å². The van der Waals surface area contributed by atoms with Gasteiger partial charge in [0.15, 0.2) is 17.9 Å². The number of ether oxygens (including phenoxy) is 3. The number of rotatable bonds is 10. The first-order chi connectivity index (χ1) is 20.6. The zero-order valence-corrected chi connectivity index (χ0v) is 22.3. The number of benzene rings is 4. The van der Waals surface area contributed by atoms with Gasteiger partial charge in [-0.3, -0.25) is 10.9 Å². The summed E-state index contributed by atoms with van der Waals surface area (Å²) in [5.74, 6) is -2.14. The van der Waals surface area contributed by atoms with Crippen LogP contribution < -0.4 is 10.9 Å². The Bertz CT molecular complexity index is 1580. The van der Waals surface area contributed by atoms with Crippen molar-refractivity contribution in [3.8, 4) is 0 Å². The zero-order chi connectivity index (χ0) is 29.1. The topological polar surface area (TPSA) is 128 Å². The molecular formula is C32H26N4O6. The smallest absolute Gasteiger partial charge is 0.361 e. The molecule has 2 atom stereocenters. The standard InChI is InChI=1S/C32H26N4O6/c37-30(22-13-5-1-6-14-22)40-21-26(41-31(38)23-15-7-2-8-16-23)29-27(35-33-24-17-9-3-10-18-24)28(32(39)42-29)36-34-25-19-11-4-12-20-25/h1-20,26,29,33-34H,21H2/b35-27+,36-28-. The number of esters is 3. The third-order valence-electron chi connectivity index (χ3n) is 6.08. The van der Waals surface area contributed by atoms with E-state index in [0.717, 1.165) is 0 Å². The molecule has 1 saturated heterocycles. The molecule has 2 N–H and O–H groups in total. The second-order valence-electron chi connectivity index (χ2n) is 9.01. The quantitative estimate of drug-likeness (QED) is 0.158. The molecule has 2 unspecified atom stereocenters. The van der Waals surface area contributed by atoms with Gasteiger partial charge in [0.2, 0.25) is 0 Å². The molecule has 1 fully saturated rings. The summed E-state index contributed by atoms with van der Waals surface area (Å²) < 4.78 is 16.9. The van der Waals surface area contributed by atoms with Crippen LogP contribution in [0.5, 0.6) is 0 Å². The predicted octanol–water partition coefficient (Wildman–Crippen LogP) is 4.93. The minimum absolute atomic E-state index is 0.0499. The molecule has 5 rings (SSSR count). The molecule has 1 heterocycles. The van der Waals surface area contributed by atoms with Gasteiger partial charge in [0, 0.05) is 0 Å². The molecule has 1 aliphatic rings. The summed E-state index contributed by atoms with van der Waals surface area (Å²) in [5, 5.41) is 8.68. The molecule has 10 nitrogen and oxygen atoms in total. The highest BCUT2D eigenvalue weighted by atomic mass is 16.6. The summed E-state index contributed by atoms with van der Waals surface area (Å²) in [6.07, 6.45) is -2.50. The van der Waals surface area contributed by atoms with Crippen LogP contribution in [0.25, 0.3) is 0 Å². The van der Waals surface area contributed by atoms with E-state index in [4.69, 9.17) is 14.2 Å². The van der Waals surface area contributed by atoms with E-state index in [1.165, 1.54) is 0 Å². The van der Waals surface area contributed by atoms with E-state index in [-0.39, 0.29) is 17.0 Å². The largest absolute Gasteiger partial charge is 0.458 e. The van der Waals surface area contributed by atoms with Gasteiger partial charge in [-0.05, 0) is 48.5 Å². The van der Waals surface area contributed by atoms with Crippen molar-refractivity contribution in [2.24, 2.45) is 10.2 Å². The lowest BCUT2D eigenvalue weighted by Crippen LogP contribution is -2.41. The molecule has 0 aliphatic carbocycles. The van der Waals surface area contributed by atoms with Gasteiger partial charge in [-0.15, -0.1) is 0 Å². The van der Waals surface area contributed by atoms with Crippen LogP contribution in [0.2, 0.25) is 0 Å². The maximum Gasteiger partial charge on any atom is 0.361 e.